The highest BCUT2D eigenvalue weighted by Crippen LogP contribution is 2.23. The van der Waals surface area contributed by atoms with E-state index >= 15 is 0 Å². The van der Waals surface area contributed by atoms with E-state index in [0.717, 1.165) is 18.6 Å². The number of ether oxygens (including phenoxy) is 1. The van der Waals surface area contributed by atoms with Gasteiger partial charge < -0.3 is 10.5 Å². The third kappa shape index (κ3) is 3.53. The molecule has 0 aliphatic carbocycles. The molecular weight excluding hydrogens is 198 g/mol. The highest BCUT2D eigenvalue weighted by atomic mass is 16.5. The largest absolute Gasteiger partial charge is 0.488 e. The molecule has 90 valence electrons. The van der Waals surface area contributed by atoms with Crippen molar-refractivity contribution in [2.24, 2.45) is 5.73 Å². The molecule has 0 saturated heterocycles. The first-order chi connectivity index (χ1) is 7.48. The van der Waals surface area contributed by atoms with Crippen molar-refractivity contribution in [2.45, 2.75) is 52.2 Å². The summed E-state index contributed by atoms with van der Waals surface area (Å²) in [6.45, 7) is 8.41. The summed E-state index contributed by atoms with van der Waals surface area (Å²) >= 11 is 0. The molecule has 0 fully saturated rings. The van der Waals surface area contributed by atoms with E-state index in [1.807, 2.05) is 12.1 Å². The van der Waals surface area contributed by atoms with Crippen molar-refractivity contribution in [1.29, 1.82) is 0 Å². The Bertz CT molecular complexity index is 316. The summed E-state index contributed by atoms with van der Waals surface area (Å²) in [4.78, 5) is 0. The van der Waals surface area contributed by atoms with Gasteiger partial charge >= 0.3 is 0 Å². The Morgan fingerprint density at radius 3 is 2.19 bits per heavy atom. The molecule has 1 aromatic rings. The Morgan fingerprint density at radius 2 is 1.75 bits per heavy atom. The lowest BCUT2D eigenvalue weighted by Gasteiger charge is -2.25. The molecule has 0 aliphatic rings. The fourth-order valence-corrected chi connectivity index (χ4v) is 1.41. The fourth-order valence-electron chi connectivity index (χ4n) is 1.41. The van der Waals surface area contributed by atoms with E-state index in [9.17, 15) is 0 Å². The van der Waals surface area contributed by atoms with E-state index in [0.29, 0.717) is 0 Å². The Morgan fingerprint density at radius 1 is 1.19 bits per heavy atom. The van der Waals surface area contributed by atoms with Gasteiger partial charge in [0, 0.05) is 6.04 Å². The van der Waals surface area contributed by atoms with Gasteiger partial charge in [-0.05, 0) is 44.4 Å². The van der Waals surface area contributed by atoms with Crippen molar-refractivity contribution in [3.8, 4) is 5.75 Å². The summed E-state index contributed by atoms with van der Waals surface area (Å²) in [6.07, 6.45) is 1.95. The first-order valence-electron chi connectivity index (χ1n) is 6.03. The number of nitrogens with two attached hydrogens (primary N) is 1. The third-order valence-electron chi connectivity index (χ3n) is 2.99. The van der Waals surface area contributed by atoms with Gasteiger partial charge in [-0.2, -0.15) is 0 Å². The average Bonchev–Trinajstić information content (AvgIpc) is 2.28. The molecule has 0 unspecified atom stereocenters. The maximum Gasteiger partial charge on any atom is 0.120 e. The second-order valence-electron chi connectivity index (χ2n) is 4.80. The van der Waals surface area contributed by atoms with Crippen molar-refractivity contribution in [2.75, 3.05) is 0 Å². The van der Waals surface area contributed by atoms with E-state index in [1.165, 1.54) is 5.56 Å². The summed E-state index contributed by atoms with van der Waals surface area (Å²) < 4.78 is 5.88. The van der Waals surface area contributed by atoms with Gasteiger partial charge in [0.2, 0.25) is 0 Å². The topological polar surface area (TPSA) is 35.2 Å². The van der Waals surface area contributed by atoms with Gasteiger partial charge in [0.05, 0.1) is 0 Å². The quantitative estimate of drug-likeness (QED) is 0.823. The van der Waals surface area contributed by atoms with Crippen LogP contribution in [0.15, 0.2) is 24.3 Å². The molecule has 0 aromatic heterocycles. The molecule has 16 heavy (non-hydrogen) atoms. The number of hydrogen-bond acceptors (Lipinski definition) is 2. The van der Waals surface area contributed by atoms with Crippen LogP contribution in [0, 0.1) is 0 Å². The van der Waals surface area contributed by atoms with E-state index in [2.05, 4.69) is 39.8 Å². The minimum absolute atomic E-state index is 0.103. The molecule has 0 heterocycles. The molecule has 2 nitrogen and oxygen atoms in total. The Kier molecular flexibility index (Phi) is 4.36. The summed E-state index contributed by atoms with van der Waals surface area (Å²) in [5.74, 6) is 0.916. The molecule has 0 saturated carbocycles. The Hall–Kier alpha value is -1.02. The van der Waals surface area contributed by atoms with Crippen molar-refractivity contribution in [1.82, 2.24) is 0 Å². The second kappa shape index (κ2) is 5.35. The first-order valence-corrected chi connectivity index (χ1v) is 6.03. The maximum atomic E-state index is 5.96. The molecule has 0 bridgehead atoms. The van der Waals surface area contributed by atoms with Crippen LogP contribution in [0.2, 0.25) is 0 Å². The van der Waals surface area contributed by atoms with Crippen molar-refractivity contribution in [3.05, 3.63) is 29.8 Å². The van der Waals surface area contributed by atoms with Crippen molar-refractivity contribution >= 4 is 0 Å². The van der Waals surface area contributed by atoms with Crippen LogP contribution < -0.4 is 10.5 Å². The molecule has 0 aliphatic heterocycles. The number of hydrogen-bond donors (Lipinski definition) is 1. The number of rotatable bonds is 5. The van der Waals surface area contributed by atoms with Crippen molar-refractivity contribution < 1.29 is 4.74 Å². The standard InChI is InChI=1S/C14H23NO/c1-5-13(15)11-7-9-12(10-8-11)16-14(3,4)6-2/h7-10,13H,5-6,15H2,1-4H3/t13-/m0/s1. The molecule has 0 amide bonds. The van der Waals surface area contributed by atoms with Crippen LogP contribution in [0.5, 0.6) is 5.75 Å². The van der Waals surface area contributed by atoms with Gasteiger partial charge in [-0.15, -0.1) is 0 Å². The van der Waals surface area contributed by atoms with Gasteiger partial charge in [-0.1, -0.05) is 26.0 Å². The van der Waals surface area contributed by atoms with Crippen LogP contribution in [0.4, 0.5) is 0 Å². The summed E-state index contributed by atoms with van der Waals surface area (Å²) in [6, 6.07) is 8.24. The maximum absolute atomic E-state index is 5.96. The molecule has 1 rings (SSSR count). The van der Waals surface area contributed by atoms with Crippen LogP contribution in [-0.2, 0) is 0 Å². The van der Waals surface area contributed by atoms with E-state index in [1.54, 1.807) is 0 Å². The smallest absolute Gasteiger partial charge is 0.120 e. The minimum Gasteiger partial charge on any atom is -0.488 e. The molecule has 0 spiro atoms. The number of benzene rings is 1. The molecule has 1 atom stereocenters. The van der Waals surface area contributed by atoms with Gasteiger partial charge in [0.15, 0.2) is 0 Å². The summed E-state index contributed by atoms with van der Waals surface area (Å²) in [5, 5.41) is 0. The van der Waals surface area contributed by atoms with Crippen LogP contribution in [0.25, 0.3) is 0 Å². The molecule has 2 N–H and O–H groups in total. The highest BCUT2D eigenvalue weighted by molar-refractivity contribution is 5.29. The van der Waals surface area contributed by atoms with Gasteiger partial charge in [-0.25, -0.2) is 0 Å². The lowest BCUT2D eigenvalue weighted by atomic mass is 10.0. The average molecular weight is 221 g/mol. The molecule has 2 heteroatoms. The van der Waals surface area contributed by atoms with Crippen molar-refractivity contribution in [3.63, 3.8) is 0 Å². The second-order valence-corrected chi connectivity index (χ2v) is 4.80. The Labute approximate surface area is 98.8 Å². The van der Waals surface area contributed by atoms with E-state index in [4.69, 9.17) is 10.5 Å². The van der Waals surface area contributed by atoms with Gasteiger partial charge in [-0.3, -0.25) is 0 Å². The van der Waals surface area contributed by atoms with Crippen LogP contribution >= 0.6 is 0 Å². The lowest BCUT2D eigenvalue weighted by molar-refractivity contribution is 0.105. The normalized spacial score (nSPS) is 13.6. The van der Waals surface area contributed by atoms with Gasteiger partial charge in [0.25, 0.3) is 0 Å². The zero-order valence-corrected chi connectivity index (χ0v) is 10.8. The zero-order valence-electron chi connectivity index (χ0n) is 10.8. The third-order valence-corrected chi connectivity index (χ3v) is 2.99. The molecule has 0 radical (unpaired) electrons. The van der Waals surface area contributed by atoms with E-state index in [-0.39, 0.29) is 11.6 Å². The molecular formula is C14H23NO. The van der Waals surface area contributed by atoms with Gasteiger partial charge in [0.1, 0.15) is 11.4 Å². The minimum atomic E-state index is -0.103. The van der Waals surface area contributed by atoms with Crippen LogP contribution in [-0.4, -0.2) is 5.60 Å². The SMILES string of the molecule is CC[C@H](N)c1ccc(OC(C)(C)CC)cc1. The lowest BCUT2D eigenvalue weighted by Crippen LogP contribution is -2.26. The highest BCUT2D eigenvalue weighted by Gasteiger charge is 2.16. The Balaban J connectivity index is 2.72. The first kappa shape index (κ1) is 13.0. The van der Waals surface area contributed by atoms with E-state index < -0.39 is 0 Å². The van der Waals surface area contributed by atoms with Crippen LogP contribution in [0.3, 0.4) is 0 Å². The predicted molar refractivity (Wildman–Crippen MR) is 68.7 cm³/mol. The monoisotopic (exact) mass is 221 g/mol. The zero-order chi connectivity index (χ0) is 12.2. The fraction of sp³-hybridized carbons (Fsp3) is 0.571. The predicted octanol–water partition coefficient (Wildman–Crippen LogP) is 3.66. The molecule has 1 aromatic carbocycles. The summed E-state index contributed by atoms with van der Waals surface area (Å²) in [5.41, 5.74) is 7.02. The van der Waals surface area contributed by atoms with Crippen LogP contribution in [0.1, 0.15) is 52.1 Å². The summed E-state index contributed by atoms with van der Waals surface area (Å²) in [7, 11) is 0.